The highest BCUT2D eigenvalue weighted by atomic mass is 19.4. The van der Waals surface area contributed by atoms with Crippen molar-refractivity contribution < 1.29 is 22.3 Å². The number of rotatable bonds is 4. The molecular weight excluding hydrogens is 384 g/mol. The van der Waals surface area contributed by atoms with Gasteiger partial charge in [-0.25, -0.2) is 9.37 Å². The largest absolute Gasteiger partial charge is 0.494 e. The second kappa shape index (κ2) is 7.24. The lowest BCUT2D eigenvalue weighted by Gasteiger charge is -2.12. The van der Waals surface area contributed by atoms with E-state index in [0.29, 0.717) is 28.2 Å². The number of halogens is 4. The molecule has 0 atom stereocenters. The Morgan fingerprint density at radius 3 is 2.45 bits per heavy atom. The van der Waals surface area contributed by atoms with E-state index in [1.807, 2.05) is 0 Å². The number of aromatic nitrogens is 2. The smallest absolute Gasteiger partial charge is 0.416 e. The van der Waals surface area contributed by atoms with Crippen molar-refractivity contribution in [2.45, 2.75) is 12.7 Å². The molecular formula is C22H16F4N2O. The van der Waals surface area contributed by atoms with Crippen LogP contribution in [0.25, 0.3) is 22.4 Å². The summed E-state index contributed by atoms with van der Waals surface area (Å²) in [5.41, 5.74) is 1.11. The van der Waals surface area contributed by atoms with Gasteiger partial charge in [0.1, 0.15) is 22.9 Å². The highest BCUT2D eigenvalue weighted by Gasteiger charge is 2.30. The minimum Gasteiger partial charge on any atom is -0.494 e. The number of para-hydroxylation sites is 1. The summed E-state index contributed by atoms with van der Waals surface area (Å²) in [7, 11) is 1.50. The number of ether oxygens (including phenoxy) is 1. The van der Waals surface area contributed by atoms with Crippen molar-refractivity contribution in [1.29, 1.82) is 0 Å². The number of benzene rings is 3. The molecule has 0 spiro atoms. The molecule has 0 aliphatic heterocycles. The summed E-state index contributed by atoms with van der Waals surface area (Å²) in [6.07, 6.45) is -4.44. The zero-order valence-electron chi connectivity index (χ0n) is 15.4. The van der Waals surface area contributed by atoms with Gasteiger partial charge in [0.2, 0.25) is 0 Å². The minimum absolute atomic E-state index is 0.0945. The molecule has 4 rings (SSSR count). The Hall–Kier alpha value is -3.35. The molecule has 3 nitrogen and oxygen atoms in total. The van der Waals surface area contributed by atoms with Crippen LogP contribution < -0.4 is 4.74 Å². The van der Waals surface area contributed by atoms with E-state index in [9.17, 15) is 17.6 Å². The number of fused-ring (bicyclic) bond motifs is 1. The van der Waals surface area contributed by atoms with Gasteiger partial charge < -0.3 is 9.30 Å². The lowest BCUT2D eigenvalue weighted by Crippen LogP contribution is -2.07. The van der Waals surface area contributed by atoms with Crippen LogP contribution in [0.2, 0.25) is 0 Å². The summed E-state index contributed by atoms with van der Waals surface area (Å²) in [6.45, 7) is 0.0945. The maximum absolute atomic E-state index is 14.5. The zero-order valence-corrected chi connectivity index (χ0v) is 15.4. The SMILES string of the molecule is COc1cccc2c1nc(-c1ccccc1F)n2Cc1cccc(C(F)(F)F)c1. The second-order valence-electron chi connectivity index (χ2n) is 6.53. The van der Waals surface area contributed by atoms with Gasteiger partial charge in [-0.05, 0) is 42.0 Å². The van der Waals surface area contributed by atoms with Crippen molar-refractivity contribution in [2.24, 2.45) is 0 Å². The van der Waals surface area contributed by atoms with E-state index in [0.717, 1.165) is 12.1 Å². The van der Waals surface area contributed by atoms with E-state index in [1.54, 1.807) is 47.0 Å². The van der Waals surface area contributed by atoms with Crippen LogP contribution in [0.15, 0.2) is 66.7 Å². The highest BCUT2D eigenvalue weighted by Crippen LogP contribution is 2.33. The molecule has 0 saturated heterocycles. The van der Waals surface area contributed by atoms with Crippen molar-refractivity contribution in [3.63, 3.8) is 0 Å². The number of imidazole rings is 1. The molecule has 0 fully saturated rings. The van der Waals surface area contributed by atoms with E-state index in [-0.39, 0.29) is 12.1 Å². The number of hydrogen-bond acceptors (Lipinski definition) is 2. The van der Waals surface area contributed by atoms with Crippen LogP contribution in [0.4, 0.5) is 17.6 Å². The number of alkyl halides is 3. The van der Waals surface area contributed by atoms with Crippen molar-refractivity contribution in [1.82, 2.24) is 9.55 Å². The molecule has 0 amide bonds. The zero-order chi connectivity index (χ0) is 20.6. The average molecular weight is 400 g/mol. The topological polar surface area (TPSA) is 27.1 Å². The Bertz CT molecular complexity index is 1180. The molecule has 3 aromatic carbocycles. The minimum atomic E-state index is -4.44. The first-order valence-electron chi connectivity index (χ1n) is 8.83. The van der Waals surface area contributed by atoms with Crippen LogP contribution in [-0.4, -0.2) is 16.7 Å². The quantitative estimate of drug-likeness (QED) is 0.398. The molecule has 0 aliphatic rings. The van der Waals surface area contributed by atoms with Crippen molar-refractivity contribution >= 4 is 11.0 Å². The standard InChI is InChI=1S/C22H16F4N2O/c1-29-19-11-5-10-18-20(19)27-21(16-8-2-3-9-17(16)23)28(18)13-14-6-4-7-15(12-14)22(24,25)26/h2-12H,13H2,1H3. The van der Waals surface area contributed by atoms with E-state index < -0.39 is 17.6 Å². The van der Waals surface area contributed by atoms with Crippen molar-refractivity contribution in [3.8, 4) is 17.1 Å². The molecule has 0 unspecified atom stereocenters. The van der Waals surface area contributed by atoms with Gasteiger partial charge in [0.25, 0.3) is 0 Å². The maximum atomic E-state index is 14.5. The van der Waals surface area contributed by atoms with Gasteiger partial charge >= 0.3 is 6.18 Å². The first kappa shape index (κ1) is 19.0. The summed E-state index contributed by atoms with van der Waals surface area (Å²) in [5, 5.41) is 0. The van der Waals surface area contributed by atoms with Crippen LogP contribution in [0.5, 0.6) is 5.75 Å². The molecule has 4 aromatic rings. The fourth-order valence-electron chi connectivity index (χ4n) is 3.32. The Labute approximate surface area is 164 Å². The summed E-state index contributed by atoms with van der Waals surface area (Å²) < 4.78 is 60.9. The Kier molecular flexibility index (Phi) is 4.74. The van der Waals surface area contributed by atoms with Crippen molar-refractivity contribution in [3.05, 3.63) is 83.7 Å². The predicted molar refractivity (Wildman–Crippen MR) is 102 cm³/mol. The lowest BCUT2D eigenvalue weighted by atomic mass is 10.1. The summed E-state index contributed by atoms with van der Waals surface area (Å²) in [5.74, 6) is 0.356. The van der Waals surface area contributed by atoms with Crippen LogP contribution in [-0.2, 0) is 12.7 Å². The monoisotopic (exact) mass is 400 g/mol. The molecule has 29 heavy (non-hydrogen) atoms. The Morgan fingerprint density at radius 2 is 1.72 bits per heavy atom. The molecule has 148 valence electrons. The molecule has 0 bridgehead atoms. The van der Waals surface area contributed by atoms with Gasteiger partial charge in [0, 0.05) is 6.54 Å². The molecule has 1 aromatic heterocycles. The van der Waals surface area contributed by atoms with Crippen LogP contribution >= 0.6 is 0 Å². The molecule has 0 N–H and O–H groups in total. The van der Waals surface area contributed by atoms with Crippen molar-refractivity contribution in [2.75, 3.05) is 7.11 Å². The second-order valence-corrected chi connectivity index (χ2v) is 6.53. The van der Waals surface area contributed by atoms with Gasteiger partial charge in [-0.15, -0.1) is 0 Å². The van der Waals surface area contributed by atoms with Crippen LogP contribution in [0, 0.1) is 5.82 Å². The normalized spacial score (nSPS) is 11.8. The number of hydrogen-bond donors (Lipinski definition) is 0. The van der Waals surface area contributed by atoms with E-state index in [2.05, 4.69) is 4.98 Å². The van der Waals surface area contributed by atoms with E-state index >= 15 is 0 Å². The third-order valence-corrected chi connectivity index (χ3v) is 4.67. The third-order valence-electron chi connectivity index (χ3n) is 4.67. The highest BCUT2D eigenvalue weighted by molar-refractivity contribution is 5.86. The predicted octanol–water partition coefficient (Wildman–Crippen LogP) is 5.92. The fraction of sp³-hybridized carbons (Fsp3) is 0.136. The molecule has 7 heteroatoms. The molecule has 0 saturated carbocycles. The summed E-state index contributed by atoms with van der Waals surface area (Å²) in [6, 6.07) is 16.5. The lowest BCUT2D eigenvalue weighted by molar-refractivity contribution is -0.137. The van der Waals surface area contributed by atoms with Gasteiger partial charge in [0.05, 0.1) is 23.8 Å². The van der Waals surface area contributed by atoms with Gasteiger partial charge in [-0.2, -0.15) is 13.2 Å². The van der Waals surface area contributed by atoms with Gasteiger partial charge in [-0.3, -0.25) is 0 Å². The van der Waals surface area contributed by atoms with Gasteiger partial charge in [-0.1, -0.05) is 30.3 Å². The van der Waals surface area contributed by atoms with Crippen LogP contribution in [0.3, 0.4) is 0 Å². The maximum Gasteiger partial charge on any atom is 0.416 e. The van der Waals surface area contributed by atoms with Gasteiger partial charge in [0.15, 0.2) is 0 Å². The van der Waals surface area contributed by atoms with E-state index in [4.69, 9.17) is 4.74 Å². The fourth-order valence-corrected chi connectivity index (χ4v) is 3.32. The first-order valence-corrected chi connectivity index (χ1v) is 8.83. The number of nitrogens with zero attached hydrogens (tertiary/aromatic N) is 2. The number of methoxy groups -OCH3 is 1. The van der Waals surface area contributed by atoms with E-state index in [1.165, 1.54) is 19.2 Å². The summed E-state index contributed by atoms with van der Waals surface area (Å²) in [4.78, 5) is 4.56. The molecule has 0 aliphatic carbocycles. The summed E-state index contributed by atoms with van der Waals surface area (Å²) >= 11 is 0. The molecule has 0 radical (unpaired) electrons. The third kappa shape index (κ3) is 3.55. The molecule has 1 heterocycles. The average Bonchev–Trinajstić information content (AvgIpc) is 3.06. The Balaban J connectivity index is 1.91. The van der Waals surface area contributed by atoms with Crippen LogP contribution in [0.1, 0.15) is 11.1 Å². The first-order chi connectivity index (χ1) is 13.9. The Morgan fingerprint density at radius 1 is 0.966 bits per heavy atom.